The largest absolute Gasteiger partial charge is 0.370 e. The molecule has 0 aliphatic carbocycles. The van der Waals surface area contributed by atoms with Crippen LogP contribution in [0, 0.1) is 0 Å². The third-order valence-corrected chi connectivity index (χ3v) is 15.8. The van der Waals surface area contributed by atoms with Crippen LogP contribution in [-0.4, -0.2) is 238 Å². The number of thiol groups is 1. The maximum atomic E-state index is 14.9. The molecule has 0 fully saturated rings. The molecule has 0 aromatic heterocycles. The van der Waals surface area contributed by atoms with Crippen molar-refractivity contribution >= 4 is 125 Å². The molecule has 0 saturated carbocycles. The Morgan fingerprint density at radius 3 is 0.583 bits per heavy atom. The van der Waals surface area contributed by atoms with Crippen molar-refractivity contribution in [3.05, 3.63) is 0 Å². The monoisotopic (exact) mass is 1550 g/mol. The molecule has 47 nitrogen and oxygen atoms in total. The number of primary amides is 1. The van der Waals surface area contributed by atoms with E-state index >= 15 is 0 Å². The van der Waals surface area contributed by atoms with Gasteiger partial charge >= 0.3 is 0 Å². The van der Waals surface area contributed by atoms with E-state index < -0.39 is 125 Å². The second-order valence-electron chi connectivity index (χ2n) is 24.5. The van der Waals surface area contributed by atoms with E-state index in [2.05, 4.69) is 106 Å². The quantitative estimate of drug-likeness (QED) is 0.0116. The lowest BCUT2D eigenvalue weighted by atomic mass is 10.0. The molecule has 48 heteroatoms. The number of carbonyl (C=O) groups excluding carboxylic acids is 11. The average Bonchev–Trinajstić information content (AvgIpc) is 0.864. The maximum Gasteiger partial charge on any atom is 0.244 e. The van der Waals surface area contributed by atoms with E-state index in [1.54, 1.807) is 6.92 Å². The number of aliphatic imine (C=N–C) groups is 8. The Kier molecular flexibility index (Phi) is 50.1. The van der Waals surface area contributed by atoms with Gasteiger partial charge < -0.3 is 156 Å². The highest BCUT2D eigenvalue weighted by atomic mass is 32.1. The summed E-state index contributed by atoms with van der Waals surface area (Å²) in [5, 5.41) is 26.2. The number of nitrogens with two attached hydrogens (primary N) is 18. The fraction of sp³-hybridized carbons (Fsp3) is 0.683. The molecule has 0 aliphatic rings. The van der Waals surface area contributed by atoms with E-state index in [0.29, 0.717) is 19.4 Å². The van der Waals surface area contributed by atoms with Crippen LogP contribution in [0.2, 0.25) is 0 Å². The molecule has 46 N–H and O–H groups in total. The third kappa shape index (κ3) is 46.5. The molecule has 0 radical (unpaired) electrons. The first-order valence-electron chi connectivity index (χ1n) is 35.1. The van der Waals surface area contributed by atoms with Gasteiger partial charge in [-0.25, -0.2) is 0 Å². The summed E-state index contributed by atoms with van der Waals surface area (Å²) in [6.45, 7) is 1.56. The van der Waals surface area contributed by atoms with Gasteiger partial charge in [-0.3, -0.25) is 92.7 Å². The van der Waals surface area contributed by atoms with Gasteiger partial charge in [0.2, 0.25) is 65.0 Å². The van der Waals surface area contributed by atoms with Crippen LogP contribution in [-0.2, 0) is 52.7 Å². The summed E-state index contributed by atoms with van der Waals surface area (Å²) >= 11 is 4.25. The Labute approximate surface area is 632 Å². The van der Waals surface area contributed by atoms with Crippen molar-refractivity contribution < 1.29 is 52.7 Å². The number of hydrogen-bond donors (Lipinski definition) is 29. The lowest BCUT2D eigenvalue weighted by Gasteiger charge is -2.28. The molecule has 0 aromatic carbocycles. The van der Waals surface area contributed by atoms with Crippen LogP contribution in [0.25, 0.3) is 0 Å². The van der Waals surface area contributed by atoms with Gasteiger partial charge in [-0.1, -0.05) is 6.92 Å². The number of carbonyl (C=O) groups is 11. The van der Waals surface area contributed by atoms with Crippen molar-refractivity contribution in [2.75, 3.05) is 64.7 Å². The topological polar surface area (TPSA) is 875 Å². The van der Waals surface area contributed by atoms with Gasteiger partial charge in [-0.15, -0.1) is 0 Å². The van der Waals surface area contributed by atoms with Gasteiger partial charge in [0.25, 0.3) is 0 Å². The van der Waals surface area contributed by atoms with E-state index in [-0.39, 0.29) is 221 Å². The van der Waals surface area contributed by atoms with Gasteiger partial charge in [-0.05, 0) is 129 Å². The first-order valence-corrected chi connectivity index (χ1v) is 35.7. The minimum Gasteiger partial charge on any atom is -0.370 e. The highest BCUT2D eigenvalue weighted by molar-refractivity contribution is 7.80. The lowest BCUT2D eigenvalue weighted by Crippen LogP contribution is -2.60. The van der Waals surface area contributed by atoms with Gasteiger partial charge in [0.05, 0.1) is 0 Å². The van der Waals surface area contributed by atoms with Crippen molar-refractivity contribution in [2.24, 2.45) is 143 Å². The van der Waals surface area contributed by atoms with Gasteiger partial charge in [0.15, 0.2) is 47.7 Å². The number of rotatable bonds is 58. The Balaban J connectivity index is 7.94. The number of amides is 11. The molecule has 0 aliphatic heterocycles. The van der Waals surface area contributed by atoms with E-state index in [4.69, 9.17) is 103 Å². The normalized spacial score (nSPS) is 13.4. The summed E-state index contributed by atoms with van der Waals surface area (Å²) < 4.78 is 0. The van der Waals surface area contributed by atoms with Crippen LogP contribution in [0.4, 0.5) is 0 Å². The van der Waals surface area contributed by atoms with Crippen molar-refractivity contribution in [2.45, 2.75) is 196 Å². The fourth-order valence-electron chi connectivity index (χ4n) is 9.90. The van der Waals surface area contributed by atoms with Crippen LogP contribution in [0.5, 0.6) is 0 Å². The Morgan fingerprint density at radius 1 is 0.250 bits per heavy atom. The number of nitrogens with zero attached hydrogens (tertiary/aromatic N) is 8. The van der Waals surface area contributed by atoms with Crippen LogP contribution in [0.1, 0.15) is 135 Å². The molecule has 11 amide bonds. The van der Waals surface area contributed by atoms with Gasteiger partial charge in [-0.2, -0.15) is 12.6 Å². The highest BCUT2D eigenvalue weighted by Gasteiger charge is 2.36. The maximum absolute atomic E-state index is 14.9. The first-order chi connectivity index (χ1) is 51.0. The predicted octanol–water partition coefficient (Wildman–Crippen LogP) is -12.8. The predicted molar refractivity (Wildman–Crippen MR) is 415 cm³/mol. The minimum absolute atomic E-state index is 0.000339. The van der Waals surface area contributed by atoms with Crippen LogP contribution >= 0.6 is 12.6 Å². The van der Waals surface area contributed by atoms with E-state index in [1.165, 1.54) is 0 Å². The number of hydrogen-bond acceptors (Lipinski definition) is 21. The molecular weight excluding hydrogens is 1430 g/mol. The standard InChI is InChI=1S/C60H120N36O11S/c1-2-42(97)87-33(14-5-23-79-53(63)64)44(99)89-34(15-6-24-80-54(65)66)45(100)90-35(16-7-25-81-55(67)68)46(101)91-36(17-8-26-82-56(69)70)47(102)92-37(18-9-27-83-57(71)72)48(103)93-38(19-10-28-84-58(73)74)49(104)94-39(20-11-29-85-59(75)76)50(105)95-40(21-12-30-86-60(77)78)51(106)96-41(31-108)52(107)88-32(43(62)98)13-3-4-22-61/h32-41,108H,2-31,61H2,1H3,(H2,62,98)(H,87,97)(H,88,107)(H,89,99)(H,90,100)(H,91,101)(H,92,102)(H,93,103)(H,94,104)(H,95,105)(H,96,106)(H4,63,64,79)(H4,65,66,80)(H4,67,68,81)(H4,69,70,82)(H4,71,72,83)(H4,73,74,84)(H4,75,76,85)(H4,77,78,86)/t32-,33-,34-,35-,36-,37-,38-,39-,40-,41-/m1/s1. The number of nitrogens with one attached hydrogen (secondary N) is 10. The van der Waals surface area contributed by atoms with Crippen molar-refractivity contribution in [3.8, 4) is 0 Å². The molecule has 0 heterocycles. The van der Waals surface area contributed by atoms with E-state index in [0.717, 1.165) is 0 Å². The molecule has 0 rings (SSSR count). The average molecular weight is 1550 g/mol. The molecule has 0 spiro atoms. The van der Waals surface area contributed by atoms with Crippen molar-refractivity contribution in [1.29, 1.82) is 0 Å². The summed E-state index contributed by atoms with van der Waals surface area (Å²) in [5.41, 5.74) is 100. The second kappa shape index (κ2) is 56.0. The molecular formula is C60H120N36O11S. The summed E-state index contributed by atoms with van der Waals surface area (Å²) in [5.74, 6) is -12.2. The molecule has 0 unspecified atom stereocenters. The highest BCUT2D eigenvalue weighted by Crippen LogP contribution is 2.13. The van der Waals surface area contributed by atoms with Gasteiger partial charge in [0, 0.05) is 64.5 Å². The molecule has 0 saturated heterocycles. The van der Waals surface area contributed by atoms with Crippen LogP contribution < -0.4 is 156 Å². The van der Waals surface area contributed by atoms with Crippen molar-refractivity contribution in [3.63, 3.8) is 0 Å². The summed E-state index contributed by atoms with van der Waals surface area (Å²) in [4.78, 5) is 187. The zero-order valence-electron chi connectivity index (χ0n) is 61.4. The summed E-state index contributed by atoms with van der Waals surface area (Å²) in [6, 6.07) is -14.4. The molecule has 0 bridgehead atoms. The van der Waals surface area contributed by atoms with Gasteiger partial charge in [0.1, 0.15) is 60.4 Å². The molecule has 0 aromatic rings. The number of guanidine groups is 8. The first kappa shape index (κ1) is 96.6. The Hall–Kier alpha value is -11.4. The minimum atomic E-state index is -1.59. The third-order valence-electron chi connectivity index (χ3n) is 15.4. The molecule has 612 valence electrons. The zero-order valence-corrected chi connectivity index (χ0v) is 62.3. The smallest absolute Gasteiger partial charge is 0.244 e. The van der Waals surface area contributed by atoms with Crippen molar-refractivity contribution in [1.82, 2.24) is 53.2 Å². The number of unbranched alkanes of at least 4 members (excludes halogenated alkanes) is 1. The van der Waals surface area contributed by atoms with E-state index in [9.17, 15) is 52.7 Å². The zero-order chi connectivity index (χ0) is 81.7. The van der Waals surface area contributed by atoms with E-state index in [1.807, 2.05) is 0 Å². The molecule has 108 heavy (non-hydrogen) atoms. The SMILES string of the molecule is CCC(=O)N[C@H](CCCN=C(N)N)C(=O)N[C@H](CCCN=C(N)N)C(=O)N[C@H](CCCN=C(N)N)C(=O)N[C@H](CCCN=C(N)N)C(=O)N[C@H](CCCN=C(N)N)C(=O)N[C@H](CCCN=C(N)N)C(=O)N[C@H](CCCN=C(N)N)C(=O)N[C@H](CCCN=C(N)N)C(=O)N[C@H](CS)C(=O)N[C@H](CCCCN)C(N)=O. The Morgan fingerprint density at radius 2 is 0.417 bits per heavy atom. The fourth-order valence-corrected chi connectivity index (χ4v) is 10.2. The summed E-state index contributed by atoms with van der Waals surface area (Å²) in [6.07, 6.45) is 0.196. The Bertz CT molecular complexity index is 3080. The molecule has 10 atom stereocenters. The summed E-state index contributed by atoms with van der Waals surface area (Å²) in [7, 11) is 0. The lowest BCUT2D eigenvalue weighted by molar-refractivity contribution is -0.136. The van der Waals surface area contributed by atoms with Crippen LogP contribution in [0.3, 0.4) is 0 Å². The van der Waals surface area contributed by atoms with Crippen LogP contribution in [0.15, 0.2) is 39.9 Å². The second-order valence-corrected chi connectivity index (χ2v) is 24.8.